The van der Waals surface area contributed by atoms with Crippen LogP contribution in [-0.2, 0) is 12.6 Å². The van der Waals surface area contributed by atoms with Gasteiger partial charge in [0.1, 0.15) is 5.75 Å². The lowest BCUT2D eigenvalue weighted by molar-refractivity contribution is -0.137. The number of benzene rings is 1. The number of alkyl halides is 3. The molecule has 106 valence electrons. The molecule has 0 atom stereocenters. The standard InChI is InChI=1S/C14H11ClF3NO/c1-2-9-7-11(4-5-12(9)15)20-13-6-3-10(8-19-13)14(16,17)18/h3-8H,2H2,1H3. The summed E-state index contributed by atoms with van der Waals surface area (Å²) in [5, 5.41) is 0.625. The normalized spacial score (nSPS) is 11.4. The van der Waals surface area contributed by atoms with E-state index in [1.54, 1.807) is 18.2 Å². The topological polar surface area (TPSA) is 22.1 Å². The van der Waals surface area contributed by atoms with Crippen molar-refractivity contribution in [3.05, 3.63) is 52.7 Å². The molecular formula is C14H11ClF3NO. The van der Waals surface area contributed by atoms with Gasteiger partial charge in [-0.05, 0) is 36.2 Å². The SMILES string of the molecule is CCc1cc(Oc2ccc(C(F)(F)F)cn2)ccc1Cl. The Morgan fingerprint density at radius 1 is 1.20 bits per heavy atom. The van der Waals surface area contributed by atoms with Crippen molar-refractivity contribution in [2.24, 2.45) is 0 Å². The number of rotatable bonds is 3. The van der Waals surface area contributed by atoms with E-state index in [1.807, 2.05) is 6.92 Å². The molecule has 0 aliphatic carbocycles. The first-order valence-electron chi connectivity index (χ1n) is 5.89. The van der Waals surface area contributed by atoms with Crippen LogP contribution in [0.5, 0.6) is 11.6 Å². The first-order chi connectivity index (χ1) is 9.40. The highest BCUT2D eigenvalue weighted by molar-refractivity contribution is 6.31. The highest BCUT2D eigenvalue weighted by Crippen LogP contribution is 2.30. The van der Waals surface area contributed by atoms with Crippen molar-refractivity contribution in [2.45, 2.75) is 19.5 Å². The van der Waals surface area contributed by atoms with Gasteiger partial charge in [-0.25, -0.2) is 4.98 Å². The Kier molecular flexibility index (Phi) is 4.18. The number of aromatic nitrogens is 1. The third-order valence-corrected chi connectivity index (χ3v) is 3.05. The maximum Gasteiger partial charge on any atom is 0.417 e. The Morgan fingerprint density at radius 3 is 2.50 bits per heavy atom. The lowest BCUT2D eigenvalue weighted by Crippen LogP contribution is -2.05. The van der Waals surface area contributed by atoms with Crippen molar-refractivity contribution in [3.63, 3.8) is 0 Å². The van der Waals surface area contributed by atoms with Crippen LogP contribution in [0.15, 0.2) is 36.5 Å². The molecule has 1 aromatic carbocycles. The Morgan fingerprint density at radius 2 is 1.95 bits per heavy atom. The zero-order valence-corrected chi connectivity index (χ0v) is 11.3. The summed E-state index contributed by atoms with van der Waals surface area (Å²) in [6, 6.07) is 7.17. The Bertz CT molecular complexity index is 596. The fraction of sp³-hybridized carbons (Fsp3) is 0.214. The summed E-state index contributed by atoms with van der Waals surface area (Å²) in [6.45, 7) is 1.95. The van der Waals surface area contributed by atoms with Gasteiger partial charge in [-0.15, -0.1) is 0 Å². The molecule has 2 aromatic rings. The van der Waals surface area contributed by atoms with Crippen molar-refractivity contribution >= 4 is 11.6 Å². The van der Waals surface area contributed by atoms with E-state index in [9.17, 15) is 13.2 Å². The smallest absolute Gasteiger partial charge is 0.417 e. The number of nitrogens with zero attached hydrogens (tertiary/aromatic N) is 1. The molecule has 0 aliphatic rings. The fourth-order valence-electron chi connectivity index (χ4n) is 1.61. The van der Waals surface area contributed by atoms with Crippen molar-refractivity contribution in [2.75, 3.05) is 0 Å². The highest BCUT2D eigenvalue weighted by atomic mass is 35.5. The molecule has 1 heterocycles. The largest absolute Gasteiger partial charge is 0.439 e. The minimum atomic E-state index is -4.40. The Balaban J connectivity index is 2.18. The second-order valence-corrected chi connectivity index (χ2v) is 4.50. The molecule has 0 bridgehead atoms. The minimum Gasteiger partial charge on any atom is -0.439 e. The average Bonchev–Trinajstić information content (AvgIpc) is 2.40. The molecule has 0 saturated carbocycles. The Hall–Kier alpha value is -1.75. The molecule has 0 unspecified atom stereocenters. The van der Waals surface area contributed by atoms with Gasteiger partial charge in [-0.2, -0.15) is 13.2 Å². The molecular weight excluding hydrogens is 291 g/mol. The molecule has 2 nitrogen and oxygen atoms in total. The van der Waals surface area contributed by atoms with Crippen LogP contribution < -0.4 is 4.74 Å². The van der Waals surface area contributed by atoms with Crippen molar-refractivity contribution in [1.82, 2.24) is 4.98 Å². The number of hydrogen-bond donors (Lipinski definition) is 0. The van der Waals surface area contributed by atoms with Crippen molar-refractivity contribution < 1.29 is 17.9 Å². The first-order valence-corrected chi connectivity index (χ1v) is 6.27. The summed E-state index contributed by atoms with van der Waals surface area (Å²) in [4.78, 5) is 3.64. The average molecular weight is 302 g/mol. The molecule has 20 heavy (non-hydrogen) atoms. The van der Waals surface area contributed by atoms with Gasteiger partial charge < -0.3 is 4.74 Å². The van der Waals surface area contributed by atoms with E-state index in [0.717, 1.165) is 24.2 Å². The van der Waals surface area contributed by atoms with Gasteiger partial charge in [0.05, 0.1) is 5.56 Å². The van der Waals surface area contributed by atoms with E-state index in [2.05, 4.69) is 4.98 Å². The summed E-state index contributed by atoms with van der Waals surface area (Å²) < 4.78 is 42.6. The van der Waals surface area contributed by atoms with Gasteiger partial charge in [-0.1, -0.05) is 18.5 Å². The number of hydrogen-bond acceptors (Lipinski definition) is 2. The fourth-order valence-corrected chi connectivity index (χ4v) is 1.87. The number of aryl methyl sites for hydroxylation is 1. The summed E-state index contributed by atoms with van der Waals surface area (Å²) in [5.41, 5.74) is 0.0891. The second-order valence-electron chi connectivity index (χ2n) is 4.09. The molecule has 1 aromatic heterocycles. The molecule has 0 N–H and O–H groups in total. The second kappa shape index (κ2) is 5.71. The predicted octanol–water partition coefficient (Wildman–Crippen LogP) is 5.11. The molecule has 2 rings (SSSR count). The van der Waals surface area contributed by atoms with E-state index < -0.39 is 11.7 Å². The first kappa shape index (κ1) is 14.7. The predicted molar refractivity (Wildman–Crippen MR) is 70.1 cm³/mol. The molecule has 0 saturated heterocycles. The van der Waals surface area contributed by atoms with Gasteiger partial charge in [-0.3, -0.25) is 0 Å². The summed E-state index contributed by atoms with van der Waals surface area (Å²) >= 11 is 5.97. The van der Waals surface area contributed by atoms with Crippen LogP contribution in [0.3, 0.4) is 0 Å². The van der Waals surface area contributed by atoms with Crippen LogP contribution in [0.1, 0.15) is 18.1 Å². The lowest BCUT2D eigenvalue weighted by atomic mass is 10.1. The summed E-state index contributed by atoms with van der Waals surface area (Å²) in [6.07, 6.45) is -2.93. The van der Waals surface area contributed by atoms with E-state index in [-0.39, 0.29) is 5.88 Å². The molecule has 0 aliphatic heterocycles. The maximum atomic E-state index is 12.4. The van der Waals surface area contributed by atoms with E-state index in [1.165, 1.54) is 6.07 Å². The van der Waals surface area contributed by atoms with Gasteiger partial charge in [0, 0.05) is 17.3 Å². The molecule has 6 heteroatoms. The quantitative estimate of drug-likeness (QED) is 0.786. The van der Waals surface area contributed by atoms with Crippen molar-refractivity contribution in [1.29, 1.82) is 0 Å². The zero-order valence-electron chi connectivity index (χ0n) is 10.5. The minimum absolute atomic E-state index is 0.0994. The molecule has 0 radical (unpaired) electrons. The van der Waals surface area contributed by atoms with Crippen LogP contribution in [0.2, 0.25) is 5.02 Å². The summed E-state index contributed by atoms with van der Waals surface area (Å²) in [7, 11) is 0. The van der Waals surface area contributed by atoms with Crippen molar-refractivity contribution in [3.8, 4) is 11.6 Å². The van der Waals surface area contributed by atoms with Crippen LogP contribution in [0.25, 0.3) is 0 Å². The van der Waals surface area contributed by atoms with Crippen LogP contribution in [-0.4, -0.2) is 4.98 Å². The van der Waals surface area contributed by atoms with Gasteiger partial charge in [0.15, 0.2) is 0 Å². The van der Waals surface area contributed by atoms with Gasteiger partial charge >= 0.3 is 6.18 Å². The third kappa shape index (κ3) is 3.42. The van der Waals surface area contributed by atoms with Crippen LogP contribution >= 0.6 is 11.6 Å². The number of pyridine rings is 1. The number of halogens is 4. The third-order valence-electron chi connectivity index (χ3n) is 2.68. The van der Waals surface area contributed by atoms with Gasteiger partial charge in [0.2, 0.25) is 5.88 Å². The molecule has 0 amide bonds. The highest BCUT2D eigenvalue weighted by Gasteiger charge is 2.30. The van der Waals surface area contributed by atoms with Crippen LogP contribution in [0, 0.1) is 0 Å². The Labute approximate surface area is 119 Å². The van der Waals surface area contributed by atoms with E-state index >= 15 is 0 Å². The van der Waals surface area contributed by atoms with E-state index in [0.29, 0.717) is 10.8 Å². The number of ether oxygens (including phenoxy) is 1. The molecule has 0 fully saturated rings. The van der Waals surface area contributed by atoms with Crippen LogP contribution in [0.4, 0.5) is 13.2 Å². The molecule has 0 spiro atoms. The summed E-state index contributed by atoms with van der Waals surface area (Å²) in [5.74, 6) is 0.584. The van der Waals surface area contributed by atoms with E-state index in [4.69, 9.17) is 16.3 Å². The van der Waals surface area contributed by atoms with Gasteiger partial charge in [0.25, 0.3) is 0 Å². The maximum absolute atomic E-state index is 12.4. The monoisotopic (exact) mass is 301 g/mol. The lowest BCUT2D eigenvalue weighted by Gasteiger charge is -2.09. The zero-order chi connectivity index (χ0) is 14.8.